The number of halogens is 2. The predicted molar refractivity (Wildman–Crippen MR) is 73.8 cm³/mol. The number of benzene rings is 2. The largest absolute Gasteiger partial charge is 0.289 e. The number of carbonyl (C=O) groups excluding carboxylic acids is 1. The Bertz CT molecular complexity index is 561. The summed E-state index contributed by atoms with van der Waals surface area (Å²) in [6.45, 7) is 1.93. The summed E-state index contributed by atoms with van der Waals surface area (Å²) >= 11 is 9.18. The van der Waals surface area contributed by atoms with Crippen LogP contribution in [0.25, 0.3) is 0 Å². The fraction of sp³-hybridized carbons (Fsp3) is 0.0714. The molecule has 0 aliphatic heterocycles. The van der Waals surface area contributed by atoms with E-state index < -0.39 is 0 Å². The molecule has 0 N–H and O–H groups in total. The van der Waals surface area contributed by atoms with Gasteiger partial charge in [-0.2, -0.15) is 0 Å². The zero-order chi connectivity index (χ0) is 12.4. The molecule has 0 saturated heterocycles. The molecule has 0 aliphatic carbocycles. The maximum atomic E-state index is 12.3. The maximum absolute atomic E-state index is 12.3. The van der Waals surface area contributed by atoms with Gasteiger partial charge in [0.25, 0.3) is 0 Å². The van der Waals surface area contributed by atoms with Crippen LogP contribution in [0.15, 0.2) is 46.9 Å². The fourth-order valence-corrected chi connectivity index (χ4v) is 2.08. The molecule has 86 valence electrons. The molecule has 0 spiro atoms. The minimum Gasteiger partial charge on any atom is -0.289 e. The van der Waals surface area contributed by atoms with E-state index in [1.807, 2.05) is 25.1 Å². The molecule has 0 unspecified atom stereocenters. The van der Waals surface area contributed by atoms with Crippen molar-refractivity contribution in [1.82, 2.24) is 0 Å². The van der Waals surface area contributed by atoms with Gasteiger partial charge in [-0.3, -0.25) is 4.79 Å². The lowest BCUT2D eigenvalue weighted by Crippen LogP contribution is -2.03. The first-order valence-corrected chi connectivity index (χ1v) is 6.31. The highest BCUT2D eigenvalue weighted by Gasteiger charge is 2.11. The summed E-state index contributed by atoms with van der Waals surface area (Å²) in [5, 5.41) is 0.632. The third-order valence-corrected chi connectivity index (χ3v) is 3.30. The Hall–Kier alpha value is -1.12. The van der Waals surface area contributed by atoms with Gasteiger partial charge in [0.1, 0.15) is 0 Å². The molecule has 0 saturated carbocycles. The molecule has 0 radical (unpaired) electrons. The van der Waals surface area contributed by atoms with Crippen molar-refractivity contribution in [2.24, 2.45) is 0 Å². The molecular weight excluding hydrogens is 300 g/mol. The number of aryl methyl sites for hydroxylation is 1. The predicted octanol–water partition coefficient (Wildman–Crippen LogP) is 4.64. The van der Waals surface area contributed by atoms with Crippen LogP contribution in [0.4, 0.5) is 0 Å². The van der Waals surface area contributed by atoms with Crippen molar-refractivity contribution in [3.05, 3.63) is 68.7 Å². The van der Waals surface area contributed by atoms with Crippen LogP contribution in [0.2, 0.25) is 5.02 Å². The average molecular weight is 310 g/mol. The molecule has 2 aromatic rings. The van der Waals surface area contributed by atoms with Gasteiger partial charge in [0.05, 0.1) is 0 Å². The van der Waals surface area contributed by atoms with Crippen molar-refractivity contribution in [3.63, 3.8) is 0 Å². The van der Waals surface area contributed by atoms with Gasteiger partial charge in [0, 0.05) is 20.6 Å². The summed E-state index contributed by atoms with van der Waals surface area (Å²) in [6, 6.07) is 12.6. The Morgan fingerprint density at radius 3 is 2.41 bits per heavy atom. The first kappa shape index (κ1) is 12.3. The van der Waals surface area contributed by atoms with Gasteiger partial charge in [0.15, 0.2) is 5.78 Å². The van der Waals surface area contributed by atoms with Crippen LogP contribution in [0, 0.1) is 6.92 Å². The third kappa shape index (κ3) is 2.76. The van der Waals surface area contributed by atoms with Gasteiger partial charge >= 0.3 is 0 Å². The fourth-order valence-electron chi connectivity index (χ4n) is 1.60. The zero-order valence-electron chi connectivity index (χ0n) is 9.21. The van der Waals surface area contributed by atoms with Crippen LogP contribution in [-0.4, -0.2) is 5.78 Å². The van der Waals surface area contributed by atoms with Crippen molar-refractivity contribution < 1.29 is 4.79 Å². The van der Waals surface area contributed by atoms with Crippen LogP contribution in [0.1, 0.15) is 21.5 Å². The monoisotopic (exact) mass is 308 g/mol. The second kappa shape index (κ2) is 5.03. The molecule has 0 fully saturated rings. The minimum atomic E-state index is 0.0143. The van der Waals surface area contributed by atoms with Crippen molar-refractivity contribution >= 4 is 33.3 Å². The minimum absolute atomic E-state index is 0.0143. The molecule has 2 aromatic carbocycles. The Morgan fingerprint density at radius 2 is 1.76 bits per heavy atom. The summed E-state index contributed by atoms with van der Waals surface area (Å²) in [6.07, 6.45) is 0. The lowest BCUT2D eigenvalue weighted by molar-refractivity contribution is 0.103. The maximum Gasteiger partial charge on any atom is 0.193 e. The lowest BCUT2D eigenvalue weighted by Gasteiger charge is -2.05. The molecule has 0 amide bonds. The highest BCUT2D eigenvalue weighted by Crippen LogP contribution is 2.20. The molecule has 0 aromatic heterocycles. The van der Waals surface area contributed by atoms with E-state index in [-0.39, 0.29) is 5.78 Å². The smallest absolute Gasteiger partial charge is 0.193 e. The van der Waals surface area contributed by atoms with E-state index in [4.69, 9.17) is 11.6 Å². The van der Waals surface area contributed by atoms with Crippen LogP contribution in [0.5, 0.6) is 0 Å². The van der Waals surface area contributed by atoms with Gasteiger partial charge in [-0.05, 0) is 48.9 Å². The molecule has 0 aliphatic rings. The molecule has 3 heteroatoms. The van der Waals surface area contributed by atoms with E-state index in [9.17, 15) is 4.79 Å². The second-order valence-electron chi connectivity index (χ2n) is 3.80. The Morgan fingerprint density at radius 1 is 1.12 bits per heavy atom. The normalized spacial score (nSPS) is 10.3. The van der Waals surface area contributed by atoms with E-state index >= 15 is 0 Å². The van der Waals surface area contributed by atoms with Gasteiger partial charge in [-0.1, -0.05) is 33.6 Å². The Kier molecular flexibility index (Phi) is 3.65. The van der Waals surface area contributed by atoms with Crippen LogP contribution in [-0.2, 0) is 0 Å². The van der Waals surface area contributed by atoms with Crippen LogP contribution in [0.3, 0.4) is 0 Å². The number of hydrogen-bond donors (Lipinski definition) is 0. The first-order valence-electron chi connectivity index (χ1n) is 5.14. The van der Waals surface area contributed by atoms with E-state index in [1.54, 1.807) is 24.3 Å². The van der Waals surface area contributed by atoms with Gasteiger partial charge in [-0.15, -0.1) is 0 Å². The summed E-state index contributed by atoms with van der Waals surface area (Å²) in [4.78, 5) is 12.3. The highest BCUT2D eigenvalue weighted by atomic mass is 79.9. The van der Waals surface area contributed by atoms with E-state index in [1.165, 1.54) is 0 Å². The number of ketones is 1. The summed E-state index contributed by atoms with van der Waals surface area (Å²) in [7, 11) is 0. The van der Waals surface area contributed by atoms with Gasteiger partial charge in [0.2, 0.25) is 0 Å². The van der Waals surface area contributed by atoms with Crippen molar-refractivity contribution in [1.29, 1.82) is 0 Å². The van der Waals surface area contributed by atoms with Gasteiger partial charge in [-0.25, -0.2) is 0 Å². The van der Waals surface area contributed by atoms with Crippen molar-refractivity contribution in [3.8, 4) is 0 Å². The first-order chi connectivity index (χ1) is 8.08. The van der Waals surface area contributed by atoms with Crippen LogP contribution >= 0.6 is 27.5 Å². The standard InChI is InChI=1S/C14H10BrClO/c1-9-2-5-11(15)8-13(9)14(17)10-3-6-12(16)7-4-10/h2-8H,1H3. The van der Waals surface area contributed by atoms with E-state index in [0.717, 1.165) is 10.0 Å². The van der Waals surface area contributed by atoms with E-state index in [2.05, 4.69) is 15.9 Å². The summed E-state index contributed by atoms with van der Waals surface area (Å²) in [5.41, 5.74) is 2.32. The molecular formula is C14H10BrClO. The average Bonchev–Trinajstić information content (AvgIpc) is 2.32. The molecule has 2 rings (SSSR count). The Labute approximate surface area is 114 Å². The molecule has 0 heterocycles. The molecule has 0 bridgehead atoms. The van der Waals surface area contributed by atoms with Crippen molar-refractivity contribution in [2.75, 3.05) is 0 Å². The zero-order valence-corrected chi connectivity index (χ0v) is 11.5. The number of carbonyl (C=O) groups is 1. The lowest BCUT2D eigenvalue weighted by atomic mass is 9.99. The number of hydrogen-bond acceptors (Lipinski definition) is 1. The summed E-state index contributed by atoms with van der Waals surface area (Å²) in [5.74, 6) is 0.0143. The topological polar surface area (TPSA) is 17.1 Å². The van der Waals surface area contributed by atoms with Crippen molar-refractivity contribution in [2.45, 2.75) is 6.92 Å². The molecule has 0 atom stereocenters. The second-order valence-corrected chi connectivity index (χ2v) is 5.15. The van der Waals surface area contributed by atoms with E-state index in [0.29, 0.717) is 16.1 Å². The third-order valence-electron chi connectivity index (χ3n) is 2.55. The Balaban J connectivity index is 2.43. The quantitative estimate of drug-likeness (QED) is 0.738. The summed E-state index contributed by atoms with van der Waals surface area (Å²) < 4.78 is 0.903. The molecule has 17 heavy (non-hydrogen) atoms. The highest BCUT2D eigenvalue weighted by molar-refractivity contribution is 9.10. The van der Waals surface area contributed by atoms with Crippen LogP contribution < -0.4 is 0 Å². The van der Waals surface area contributed by atoms with Gasteiger partial charge < -0.3 is 0 Å². The number of rotatable bonds is 2. The SMILES string of the molecule is Cc1ccc(Br)cc1C(=O)c1ccc(Cl)cc1. The molecule has 1 nitrogen and oxygen atoms in total.